The van der Waals surface area contributed by atoms with E-state index in [0.717, 1.165) is 16.8 Å². The van der Waals surface area contributed by atoms with Crippen LogP contribution in [0.4, 0.5) is 0 Å². The molecular weight excluding hydrogens is 172 g/mol. The molecule has 2 nitrogen and oxygen atoms in total. The van der Waals surface area contributed by atoms with E-state index in [-0.39, 0.29) is 0 Å². The van der Waals surface area contributed by atoms with Gasteiger partial charge in [-0.25, -0.2) is 0 Å². The highest BCUT2D eigenvalue weighted by Crippen LogP contribution is 2.21. The lowest BCUT2D eigenvalue weighted by Crippen LogP contribution is -1.81. The lowest BCUT2D eigenvalue weighted by atomic mass is 10.1. The van der Waals surface area contributed by atoms with Crippen LogP contribution in [-0.4, -0.2) is 18.2 Å². The van der Waals surface area contributed by atoms with Gasteiger partial charge in [0, 0.05) is 35.4 Å². The third kappa shape index (κ3) is 1.25. The van der Waals surface area contributed by atoms with E-state index in [1.807, 2.05) is 24.4 Å². The fourth-order valence-electron chi connectivity index (χ4n) is 1.61. The van der Waals surface area contributed by atoms with Crippen LogP contribution in [0.3, 0.4) is 0 Å². The van der Waals surface area contributed by atoms with Gasteiger partial charge in [0.1, 0.15) is 0 Å². The second kappa shape index (κ2) is 3.50. The van der Waals surface area contributed by atoms with Gasteiger partial charge in [0.05, 0.1) is 0 Å². The number of para-hydroxylation sites is 1. The Labute approximate surface area is 83.0 Å². The predicted octanol–water partition coefficient (Wildman–Crippen LogP) is 2.86. The van der Waals surface area contributed by atoms with Crippen molar-refractivity contribution in [3.8, 4) is 0 Å². The first-order chi connectivity index (χ1) is 6.86. The zero-order chi connectivity index (χ0) is 9.97. The minimum atomic E-state index is 1.02. The van der Waals surface area contributed by atoms with Crippen molar-refractivity contribution in [2.45, 2.75) is 0 Å². The third-order valence-corrected chi connectivity index (χ3v) is 2.24. The second-order valence-corrected chi connectivity index (χ2v) is 3.09. The highest BCUT2D eigenvalue weighted by Gasteiger charge is 2.05. The number of nitrogens with zero attached hydrogens (tertiary/aromatic N) is 1. The van der Waals surface area contributed by atoms with Crippen LogP contribution in [0.1, 0.15) is 11.3 Å². The molecule has 0 saturated heterocycles. The van der Waals surface area contributed by atoms with Gasteiger partial charge in [-0.05, 0) is 12.1 Å². The number of hydrogen-bond donors (Lipinski definition) is 1. The van der Waals surface area contributed by atoms with Crippen molar-refractivity contribution in [3.63, 3.8) is 0 Å². The first kappa shape index (κ1) is 8.75. The monoisotopic (exact) mass is 184 g/mol. The highest BCUT2D eigenvalue weighted by atomic mass is 14.7. The van der Waals surface area contributed by atoms with Crippen LogP contribution in [0.15, 0.2) is 35.8 Å². The summed E-state index contributed by atoms with van der Waals surface area (Å²) in [6, 6.07) is 8.17. The molecule has 0 spiro atoms. The third-order valence-electron chi connectivity index (χ3n) is 2.24. The summed E-state index contributed by atoms with van der Waals surface area (Å²) in [4.78, 5) is 7.33. The Balaban J connectivity index is 2.80. The number of aliphatic imine (C=N–C) groups is 1. The summed E-state index contributed by atoms with van der Waals surface area (Å²) in [5.74, 6) is 0. The van der Waals surface area contributed by atoms with Gasteiger partial charge in [-0.3, -0.25) is 4.99 Å². The number of hydrogen-bond acceptors (Lipinski definition) is 1. The first-order valence-corrected chi connectivity index (χ1v) is 4.52. The van der Waals surface area contributed by atoms with Gasteiger partial charge < -0.3 is 4.98 Å². The molecule has 0 aliphatic rings. The minimum absolute atomic E-state index is 1.02. The number of fused-ring (bicyclic) bond motifs is 1. The number of aromatic nitrogens is 1. The van der Waals surface area contributed by atoms with Gasteiger partial charge in [-0.2, -0.15) is 0 Å². The molecule has 0 bridgehead atoms. The molecule has 0 aliphatic heterocycles. The van der Waals surface area contributed by atoms with Gasteiger partial charge in [-0.15, -0.1) is 0 Å². The normalized spacial score (nSPS) is 11.2. The van der Waals surface area contributed by atoms with Crippen LogP contribution in [0.2, 0.25) is 0 Å². The molecule has 1 aromatic carbocycles. The molecule has 2 aromatic rings. The smallest absolute Gasteiger partial charge is 0.0474 e. The Morgan fingerprint density at radius 1 is 1.36 bits per heavy atom. The molecule has 1 aromatic heterocycles. The van der Waals surface area contributed by atoms with E-state index in [4.69, 9.17) is 0 Å². The Morgan fingerprint density at radius 3 is 2.86 bits per heavy atom. The minimum Gasteiger partial charge on any atom is -0.354 e. The Bertz CT molecular complexity index is 492. The van der Waals surface area contributed by atoms with E-state index in [1.54, 1.807) is 7.05 Å². The molecular formula is C12H12N2. The SMILES string of the molecule is C=Cc1[nH]c2ccccc2c1C=NC. The van der Waals surface area contributed by atoms with Gasteiger partial charge in [0.2, 0.25) is 0 Å². The number of H-pyrrole nitrogens is 1. The largest absolute Gasteiger partial charge is 0.354 e. The van der Waals surface area contributed by atoms with Crippen LogP contribution < -0.4 is 0 Å². The molecule has 0 aliphatic carbocycles. The molecule has 70 valence electrons. The molecule has 0 unspecified atom stereocenters. The van der Waals surface area contributed by atoms with E-state index in [2.05, 4.69) is 28.7 Å². The fourth-order valence-corrected chi connectivity index (χ4v) is 1.61. The maximum atomic E-state index is 4.04. The molecule has 2 heteroatoms. The maximum Gasteiger partial charge on any atom is 0.0474 e. The van der Waals surface area contributed by atoms with Crippen LogP contribution in [-0.2, 0) is 0 Å². The number of nitrogens with one attached hydrogen (secondary N) is 1. The summed E-state index contributed by atoms with van der Waals surface area (Å²) in [6.45, 7) is 3.78. The van der Waals surface area contributed by atoms with Crippen molar-refractivity contribution in [1.82, 2.24) is 4.98 Å². The molecule has 0 saturated carbocycles. The van der Waals surface area contributed by atoms with E-state index < -0.39 is 0 Å². The topological polar surface area (TPSA) is 28.1 Å². The standard InChI is InChI=1S/C12H12N2/c1-3-11-10(8-13-2)9-6-4-5-7-12(9)14-11/h3-8,14H,1H2,2H3. The highest BCUT2D eigenvalue weighted by molar-refractivity contribution is 6.02. The summed E-state index contributed by atoms with van der Waals surface area (Å²) < 4.78 is 0. The molecule has 0 atom stereocenters. The summed E-state index contributed by atoms with van der Waals surface area (Å²) in [5, 5.41) is 1.19. The second-order valence-electron chi connectivity index (χ2n) is 3.09. The van der Waals surface area contributed by atoms with E-state index in [0.29, 0.717) is 0 Å². The fraction of sp³-hybridized carbons (Fsp3) is 0.0833. The van der Waals surface area contributed by atoms with Crippen molar-refractivity contribution in [1.29, 1.82) is 0 Å². The van der Waals surface area contributed by atoms with Crippen LogP contribution in [0, 0.1) is 0 Å². The maximum absolute atomic E-state index is 4.04. The van der Waals surface area contributed by atoms with Gasteiger partial charge in [0.15, 0.2) is 0 Å². The number of rotatable bonds is 2. The summed E-state index contributed by atoms with van der Waals surface area (Å²) in [7, 11) is 1.77. The Morgan fingerprint density at radius 2 is 2.14 bits per heavy atom. The van der Waals surface area contributed by atoms with Gasteiger partial charge >= 0.3 is 0 Å². The van der Waals surface area contributed by atoms with Crippen LogP contribution in [0.5, 0.6) is 0 Å². The predicted molar refractivity (Wildman–Crippen MR) is 61.9 cm³/mol. The summed E-state index contributed by atoms with van der Waals surface area (Å²) >= 11 is 0. The molecule has 0 fully saturated rings. The average molecular weight is 184 g/mol. The van der Waals surface area contributed by atoms with E-state index >= 15 is 0 Å². The van der Waals surface area contributed by atoms with Gasteiger partial charge in [0.25, 0.3) is 0 Å². The zero-order valence-corrected chi connectivity index (χ0v) is 8.12. The van der Waals surface area contributed by atoms with E-state index in [9.17, 15) is 0 Å². The quantitative estimate of drug-likeness (QED) is 0.695. The summed E-state index contributed by atoms with van der Waals surface area (Å²) in [6.07, 6.45) is 3.67. The molecule has 2 rings (SSSR count). The average Bonchev–Trinajstić information content (AvgIpc) is 2.58. The van der Waals surface area contributed by atoms with Crippen molar-refractivity contribution >= 4 is 23.2 Å². The van der Waals surface area contributed by atoms with Crippen molar-refractivity contribution in [3.05, 3.63) is 42.1 Å². The van der Waals surface area contributed by atoms with Gasteiger partial charge in [-0.1, -0.05) is 24.8 Å². The van der Waals surface area contributed by atoms with E-state index in [1.165, 1.54) is 5.39 Å². The molecule has 0 radical (unpaired) electrons. The van der Waals surface area contributed by atoms with Crippen LogP contribution >= 0.6 is 0 Å². The zero-order valence-electron chi connectivity index (χ0n) is 8.12. The molecule has 14 heavy (non-hydrogen) atoms. The Hall–Kier alpha value is -1.83. The molecule has 1 N–H and O–H groups in total. The lowest BCUT2D eigenvalue weighted by molar-refractivity contribution is 1.41. The lowest BCUT2D eigenvalue weighted by Gasteiger charge is -1.90. The molecule has 1 heterocycles. The Kier molecular flexibility index (Phi) is 2.19. The number of aromatic amines is 1. The van der Waals surface area contributed by atoms with Crippen molar-refractivity contribution in [2.75, 3.05) is 7.05 Å². The van der Waals surface area contributed by atoms with Crippen molar-refractivity contribution < 1.29 is 0 Å². The number of benzene rings is 1. The van der Waals surface area contributed by atoms with Crippen LogP contribution in [0.25, 0.3) is 17.0 Å². The molecule has 0 amide bonds. The first-order valence-electron chi connectivity index (χ1n) is 4.52. The van der Waals surface area contributed by atoms with Crippen molar-refractivity contribution in [2.24, 2.45) is 4.99 Å². The summed E-state index contributed by atoms with van der Waals surface area (Å²) in [5.41, 5.74) is 3.26.